The van der Waals surface area contributed by atoms with Crippen LogP contribution in [0.15, 0.2) is 30.3 Å². The molecule has 0 saturated carbocycles. The first-order valence-corrected chi connectivity index (χ1v) is 5.93. The van der Waals surface area contributed by atoms with E-state index in [1.54, 1.807) is 0 Å². The van der Waals surface area contributed by atoms with Gasteiger partial charge in [-0.3, -0.25) is 4.90 Å². The standard InChI is InChI=1S/C13H22N2O/c1-2-8-15(9-10-16)13(11-14)12-6-4-3-5-7-12/h3-7,13,16H,2,8-11,14H2,1H3. The zero-order chi connectivity index (χ0) is 11.8. The zero-order valence-corrected chi connectivity index (χ0v) is 9.97. The molecule has 3 heteroatoms. The number of nitrogens with zero attached hydrogens (tertiary/aromatic N) is 1. The molecule has 1 rings (SSSR count). The van der Waals surface area contributed by atoms with Crippen LogP contribution in [0.5, 0.6) is 0 Å². The number of nitrogens with two attached hydrogens (primary N) is 1. The van der Waals surface area contributed by atoms with Crippen molar-refractivity contribution in [1.82, 2.24) is 4.90 Å². The molecule has 0 heterocycles. The van der Waals surface area contributed by atoms with Gasteiger partial charge in [0.1, 0.15) is 0 Å². The molecule has 90 valence electrons. The molecule has 0 bridgehead atoms. The van der Waals surface area contributed by atoms with Crippen LogP contribution < -0.4 is 5.73 Å². The molecule has 1 aromatic rings. The van der Waals surface area contributed by atoms with Crippen molar-refractivity contribution < 1.29 is 5.11 Å². The maximum absolute atomic E-state index is 9.07. The van der Waals surface area contributed by atoms with E-state index in [0.717, 1.165) is 13.0 Å². The van der Waals surface area contributed by atoms with E-state index in [4.69, 9.17) is 10.8 Å². The van der Waals surface area contributed by atoms with Crippen LogP contribution in [0.4, 0.5) is 0 Å². The maximum Gasteiger partial charge on any atom is 0.0558 e. The van der Waals surface area contributed by atoms with Gasteiger partial charge in [0.25, 0.3) is 0 Å². The second kappa shape index (κ2) is 7.39. The molecule has 0 aromatic heterocycles. The number of hydrogen-bond donors (Lipinski definition) is 2. The van der Waals surface area contributed by atoms with Gasteiger partial charge < -0.3 is 10.8 Å². The fraction of sp³-hybridized carbons (Fsp3) is 0.538. The van der Waals surface area contributed by atoms with Gasteiger partial charge in [0, 0.05) is 19.1 Å². The van der Waals surface area contributed by atoms with E-state index in [1.807, 2.05) is 18.2 Å². The topological polar surface area (TPSA) is 49.5 Å². The van der Waals surface area contributed by atoms with E-state index in [2.05, 4.69) is 24.0 Å². The third kappa shape index (κ3) is 3.59. The van der Waals surface area contributed by atoms with Gasteiger partial charge in [-0.05, 0) is 18.5 Å². The average molecular weight is 222 g/mol. The SMILES string of the molecule is CCCN(CCO)C(CN)c1ccccc1. The second-order valence-electron chi connectivity index (χ2n) is 3.92. The summed E-state index contributed by atoms with van der Waals surface area (Å²) in [4.78, 5) is 2.25. The van der Waals surface area contributed by atoms with E-state index in [9.17, 15) is 0 Å². The minimum absolute atomic E-state index is 0.184. The fourth-order valence-electron chi connectivity index (χ4n) is 2.01. The lowest BCUT2D eigenvalue weighted by molar-refractivity contribution is 0.153. The van der Waals surface area contributed by atoms with Crippen molar-refractivity contribution >= 4 is 0 Å². The molecular weight excluding hydrogens is 200 g/mol. The first-order chi connectivity index (χ1) is 7.83. The molecule has 0 aliphatic carbocycles. The minimum Gasteiger partial charge on any atom is -0.395 e. The Balaban J connectivity index is 2.77. The van der Waals surface area contributed by atoms with Crippen molar-refractivity contribution in [3.05, 3.63) is 35.9 Å². The molecule has 3 nitrogen and oxygen atoms in total. The van der Waals surface area contributed by atoms with Crippen molar-refractivity contribution in [3.8, 4) is 0 Å². The van der Waals surface area contributed by atoms with Gasteiger partial charge in [0.05, 0.1) is 6.61 Å². The van der Waals surface area contributed by atoms with Gasteiger partial charge in [0.2, 0.25) is 0 Å². The Morgan fingerprint density at radius 2 is 1.94 bits per heavy atom. The van der Waals surface area contributed by atoms with Crippen LogP contribution >= 0.6 is 0 Å². The van der Waals surface area contributed by atoms with E-state index in [0.29, 0.717) is 13.1 Å². The molecular formula is C13H22N2O. The number of hydrogen-bond acceptors (Lipinski definition) is 3. The van der Waals surface area contributed by atoms with Crippen LogP contribution in [0.2, 0.25) is 0 Å². The zero-order valence-electron chi connectivity index (χ0n) is 9.97. The summed E-state index contributed by atoms with van der Waals surface area (Å²) in [5.74, 6) is 0. The maximum atomic E-state index is 9.07. The second-order valence-corrected chi connectivity index (χ2v) is 3.92. The lowest BCUT2D eigenvalue weighted by Gasteiger charge is -2.30. The monoisotopic (exact) mass is 222 g/mol. The van der Waals surface area contributed by atoms with Crippen molar-refractivity contribution in [1.29, 1.82) is 0 Å². The summed E-state index contributed by atoms with van der Waals surface area (Å²) >= 11 is 0. The lowest BCUT2D eigenvalue weighted by Crippen LogP contribution is -2.36. The van der Waals surface area contributed by atoms with E-state index >= 15 is 0 Å². The summed E-state index contributed by atoms with van der Waals surface area (Å²) in [5, 5.41) is 9.07. The third-order valence-electron chi connectivity index (χ3n) is 2.75. The normalized spacial score (nSPS) is 13.0. The highest BCUT2D eigenvalue weighted by Gasteiger charge is 2.17. The van der Waals surface area contributed by atoms with Gasteiger partial charge in [-0.2, -0.15) is 0 Å². The Bertz CT molecular complexity index is 271. The van der Waals surface area contributed by atoms with Crippen LogP contribution in [0.1, 0.15) is 24.9 Å². The van der Waals surface area contributed by atoms with E-state index < -0.39 is 0 Å². The molecule has 1 atom stereocenters. The summed E-state index contributed by atoms with van der Waals surface area (Å²) < 4.78 is 0. The molecule has 0 radical (unpaired) electrons. The highest BCUT2D eigenvalue weighted by molar-refractivity contribution is 5.19. The number of aliphatic hydroxyl groups excluding tert-OH is 1. The first kappa shape index (κ1) is 13.2. The van der Waals surface area contributed by atoms with E-state index in [-0.39, 0.29) is 12.6 Å². The Labute approximate surface area is 97.9 Å². The summed E-state index contributed by atoms with van der Waals surface area (Å²) in [6.07, 6.45) is 1.07. The molecule has 0 saturated heterocycles. The van der Waals surface area contributed by atoms with Crippen LogP contribution in [-0.2, 0) is 0 Å². The molecule has 0 spiro atoms. The average Bonchev–Trinajstić information content (AvgIpc) is 2.32. The molecule has 1 aromatic carbocycles. The summed E-state index contributed by atoms with van der Waals surface area (Å²) in [5.41, 5.74) is 7.07. The summed E-state index contributed by atoms with van der Waals surface area (Å²) in [7, 11) is 0. The Morgan fingerprint density at radius 1 is 1.25 bits per heavy atom. The first-order valence-electron chi connectivity index (χ1n) is 5.93. The smallest absolute Gasteiger partial charge is 0.0558 e. The van der Waals surface area contributed by atoms with Crippen molar-refractivity contribution in [2.45, 2.75) is 19.4 Å². The summed E-state index contributed by atoms with van der Waals surface area (Å²) in [6, 6.07) is 10.5. The largest absolute Gasteiger partial charge is 0.395 e. The number of benzene rings is 1. The summed E-state index contributed by atoms with van der Waals surface area (Å²) in [6.45, 7) is 4.57. The Hall–Kier alpha value is -0.900. The number of rotatable bonds is 7. The van der Waals surface area contributed by atoms with Crippen LogP contribution in [0, 0.1) is 0 Å². The van der Waals surface area contributed by atoms with Crippen LogP contribution in [-0.4, -0.2) is 36.2 Å². The van der Waals surface area contributed by atoms with Crippen molar-refractivity contribution in [3.63, 3.8) is 0 Å². The van der Waals surface area contributed by atoms with Gasteiger partial charge in [-0.15, -0.1) is 0 Å². The predicted molar refractivity (Wildman–Crippen MR) is 67.2 cm³/mol. The third-order valence-corrected chi connectivity index (χ3v) is 2.75. The van der Waals surface area contributed by atoms with Crippen LogP contribution in [0.25, 0.3) is 0 Å². The molecule has 3 N–H and O–H groups in total. The molecule has 0 aliphatic rings. The number of aliphatic hydroxyl groups is 1. The molecule has 16 heavy (non-hydrogen) atoms. The van der Waals surface area contributed by atoms with Gasteiger partial charge in [-0.25, -0.2) is 0 Å². The van der Waals surface area contributed by atoms with Gasteiger partial charge in [0.15, 0.2) is 0 Å². The highest BCUT2D eigenvalue weighted by Crippen LogP contribution is 2.19. The van der Waals surface area contributed by atoms with Crippen molar-refractivity contribution in [2.75, 3.05) is 26.2 Å². The lowest BCUT2D eigenvalue weighted by atomic mass is 10.1. The molecule has 0 aliphatic heterocycles. The van der Waals surface area contributed by atoms with E-state index in [1.165, 1.54) is 5.56 Å². The quantitative estimate of drug-likeness (QED) is 0.733. The minimum atomic E-state index is 0.184. The van der Waals surface area contributed by atoms with Crippen LogP contribution in [0.3, 0.4) is 0 Å². The Kier molecular flexibility index (Phi) is 6.08. The highest BCUT2D eigenvalue weighted by atomic mass is 16.3. The van der Waals surface area contributed by atoms with Crippen molar-refractivity contribution in [2.24, 2.45) is 5.73 Å². The van der Waals surface area contributed by atoms with Gasteiger partial charge in [-0.1, -0.05) is 37.3 Å². The molecule has 0 amide bonds. The predicted octanol–water partition coefficient (Wildman–Crippen LogP) is 1.39. The molecule has 1 unspecified atom stereocenters. The Morgan fingerprint density at radius 3 is 2.44 bits per heavy atom. The fourth-order valence-corrected chi connectivity index (χ4v) is 2.01. The van der Waals surface area contributed by atoms with Gasteiger partial charge >= 0.3 is 0 Å². The molecule has 0 fully saturated rings.